The van der Waals surface area contributed by atoms with Crippen LogP contribution in [0, 0.1) is 19.7 Å². The second kappa shape index (κ2) is 5.96. The Bertz CT molecular complexity index is 906. The smallest absolute Gasteiger partial charge is 0.246 e. The van der Waals surface area contributed by atoms with E-state index in [1.807, 2.05) is 26.0 Å². The molecule has 1 amide bonds. The summed E-state index contributed by atoms with van der Waals surface area (Å²) in [5.41, 5.74) is 4.19. The molecule has 0 aliphatic heterocycles. The number of hydrogen-bond donors (Lipinski definition) is 1. The highest BCUT2D eigenvalue weighted by molar-refractivity contribution is 6.31. The molecule has 0 aliphatic rings. The van der Waals surface area contributed by atoms with Crippen molar-refractivity contribution in [3.63, 3.8) is 0 Å². The van der Waals surface area contributed by atoms with Gasteiger partial charge < -0.3 is 5.32 Å². The molecule has 0 atom stereocenters. The van der Waals surface area contributed by atoms with E-state index in [9.17, 15) is 9.18 Å². The second-order valence-corrected chi connectivity index (χ2v) is 5.76. The fraction of sp³-hybridized carbons (Fsp3) is 0.188. The number of carbonyl (C=O) groups excluding carboxylic acids is 1. The van der Waals surface area contributed by atoms with Gasteiger partial charge >= 0.3 is 0 Å². The van der Waals surface area contributed by atoms with Gasteiger partial charge in [0.1, 0.15) is 17.9 Å². The molecule has 1 aromatic heterocycles. The summed E-state index contributed by atoms with van der Waals surface area (Å²) in [5.74, 6) is -0.824. The van der Waals surface area contributed by atoms with Gasteiger partial charge in [0.15, 0.2) is 0 Å². The number of rotatable bonds is 3. The average molecular weight is 333 g/mol. The highest BCUT2D eigenvalue weighted by Gasteiger charge is 2.11. The van der Waals surface area contributed by atoms with Crippen LogP contribution in [0.3, 0.4) is 0 Å². The predicted molar refractivity (Wildman–Crippen MR) is 87.0 cm³/mol. The normalized spacial score (nSPS) is 11.0. The van der Waals surface area contributed by atoms with Crippen LogP contribution in [-0.4, -0.2) is 20.9 Å². The van der Waals surface area contributed by atoms with E-state index >= 15 is 0 Å². The van der Waals surface area contributed by atoms with Crippen LogP contribution >= 0.6 is 11.6 Å². The summed E-state index contributed by atoms with van der Waals surface area (Å²) < 4.78 is 14.6. The van der Waals surface area contributed by atoms with E-state index in [0.717, 1.165) is 22.2 Å². The molecule has 23 heavy (non-hydrogen) atoms. The van der Waals surface area contributed by atoms with Crippen molar-refractivity contribution in [2.75, 3.05) is 5.32 Å². The Balaban J connectivity index is 1.80. The van der Waals surface area contributed by atoms with Crippen molar-refractivity contribution in [3.8, 4) is 0 Å². The van der Waals surface area contributed by atoms with Crippen LogP contribution in [-0.2, 0) is 11.3 Å². The molecule has 1 heterocycles. The molecule has 0 fully saturated rings. The monoisotopic (exact) mass is 332 g/mol. The Labute approximate surface area is 137 Å². The number of amides is 1. The van der Waals surface area contributed by atoms with Gasteiger partial charge in [-0.1, -0.05) is 16.8 Å². The zero-order valence-electron chi connectivity index (χ0n) is 12.6. The van der Waals surface area contributed by atoms with E-state index in [-0.39, 0.29) is 17.5 Å². The van der Waals surface area contributed by atoms with Gasteiger partial charge in [-0.3, -0.25) is 4.79 Å². The summed E-state index contributed by atoms with van der Waals surface area (Å²) in [6.07, 6.45) is 0. The number of nitrogens with one attached hydrogen (secondary N) is 1. The first-order valence-electron chi connectivity index (χ1n) is 6.99. The number of halogens is 2. The molecule has 3 rings (SSSR count). The van der Waals surface area contributed by atoms with Gasteiger partial charge in [0, 0.05) is 5.69 Å². The molecule has 2 aromatic carbocycles. The summed E-state index contributed by atoms with van der Waals surface area (Å²) in [6, 6.07) is 7.90. The van der Waals surface area contributed by atoms with Crippen molar-refractivity contribution in [2.45, 2.75) is 20.4 Å². The van der Waals surface area contributed by atoms with Gasteiger partial charge in [-0.25, -0.2) is 9.07 Å². The maximum atomic E-state index is 13.1. The summed E-state index contributed by atoms with van der Waals surface area (Å²) in [4.78, 5) is 12.1. The van der Waals surface area contributed by atoms with Crippen LogP contribution in [0.5, 0.6) is 0 Å². The maximum Gasteiger partial charge on any atom is 0.246 e. The lowest BCUT2D eigenvalue weighted by molar-refractivity contribution is -0.116. The van der Waals surface area contributed by atoms with Crippen molar-refractivity contribution in [1.82, 2.24) is 15.0 Å². The molecule has 0 radical (unpaired) electrons. The molecule has 0 saturated carbocycles. The fourth-order valence-corrected chi connectivity index (χ4v) is 2.43. The van der Waals surface area contributed by atoms with Gasteiger partial charge in [0.05, 0.1) is 10.5 Å². The molecule has 7 heteroatoms. The highest BCUT2D eigenvalue weighted by atomic mass is 35.5. The van der Waals surface area contributed by atoms with E-state index < -0.39 is 5.82 Å². The number of nitrogens with zero attached hydrogens (tertiary/aromatic N) is 3. The molecule has 0 unspecified atom stereocenters. The van der Waals surface area contributed by atoms with Crippen molar-refractivity contribution in [2.24, 2.45) is 0 Å². The van der Waals surface area contributed by atoms with Gasteiger partial charge in [0.25, 0.3) is 0 Å². The molecule has 5 nitrogen and oxygen atoms in total. The Morgan fingerprint density at radius 2 is 2.00 bits per heavy atom. The van der Waals surface area contributed by atoms with Crippen LogP contribution < -0.4 is 5.32 Å². The van der Waals surface area contributed by atoms with E-state index in [4.69, 9.17) is 11.6 Å². The molecule has 3 aromatic rings. The molecule has 0 aliphatic carbocycles. The third-order valence-corrected chi connectivity index (χ3v) is 3.92. The van der Waals surface area contributed by atoms with Crippen molar-refractivity contribution >= 4 is 34.2 Å². The van der Waals surface area contributed by atoms with E-state index in [1.54, 1.807) is 0 Å². The third-order valence-electron chi connectivity index (χ3n) is 3.63. The maximum absolute atomic E-state index is 13.1. The zero-order chi connectivity index (χ0) is 16.6. The predicted octanol–water partition coefficient (Wildman–Crippen LogP) is 3.48. The minimum absolute atomic E-state index is 0.00793. The van der Waals surface area contributed by atoms with E-state index in [1.165, 1.54) is 22.9 Å². The van der Waals surface area contributed by atoms with Crippen molar-refractivity contribution < 1.29 is 9.18 Å². The summed E-state index contributed by atoms with van der Waals surface area (Å²) >= 11 is 5.70. The van der Waals surface area contributed by atoms with Gasteiger partial charge in [-0.05, 0) is 55.3 Å². The first-order chi connectivity index (χ1) is 10.9. The Morgan fingerprint density at radius 3 is 2.74 bits per heavy atom. The van der Waals surface area contributed by atoms with Crippen molar-refractivity contribution in [1.29, 1.82) is 0 Å². The fourth-order valence-electron chi connectivity index (χ4n) is 2.25. The quantitative estimate of drug-likeness (QED) is 0.798. The van der Waals surface area contributed by atoms with Crippen LogP contribution in [0.25, 0.3) is 11.0 Å². The number of anilines is 1. The minimum atomic E-state index is -0.530. The lowest BCUT2D eigenvalue weighted by Gasteiger charge is -2.07. The lowest BCUT2D eigenvalue weighted by Crippen LogP contribution is -2.19. The SMILES string of the molecule is Cc1cc2nnn(CC(=O)Nc3ccc(F)c(Cl)c3)c2cc1C. The molecular weight excluding hydrogens is 319 g/mol. The van der Waals surface area contributed by atoms with Gasteiger partial charge in [0.2, 0.25) is 5.91 Å². The molecule has 118 valence electrons. The molecule has 1 N–H and O–H groups in total. The Morgan fingerprint density at radius 1 is 1.26 bits per heavy atom. The topological polar surface area (TPSA) is 59.8 Å². The van der Waals surface area contributed by atoms with Crippen molar-refractivity contribution in [3.05, 3.63) is 52.3 Å². The molecular formula is C16H14ClFN4O. The molecule has 0 spiro atoms. The average Bonchev–Trinajstić information content (AvgIpc) is 2.86. The van der Waals surface area contributed by atoms with E-state index in [2.05, 4.69) is 15.6 Å². The number of hydrogen-bond acceptors (Lipinski definition) is 3. The van der Waals surface area contributed by atoms with Crippen LogP contribution in [0.2, 0.25) is 5.02 Å². The largest absolute Gasteiger partial charge is 0.324 e. The number of benzene rings is 2. The Hall–Kier alpha value is -2.47. The summed E-state index contributed by atoms with van der Waals surface area (Å²) in [6.45, 7) is 4.00. The van der Waals surface area contributed by atoms with Crippen LogP contribution in [0.1, 0.15) is 11.1 Å². The van der Waals surface area contributed by atoms with Gasteiger partial charge in [-0.2, -0.15) is 0 Å². The second-order valence-electron chi connectivity index (χ2n) is 5.35. The standard InChI is InChI=1S/C16H14ClFN4O/c1-9-5-14-15(6-10(9)2)22(21-20-14)8-16(23)19-11-3-4-13(18)12(17)7-11/h3-7H,8H2,1-2H3,(H,19,23). The number of fused-ring (bicyclic) bond motifs is 1. The van der Waals surface area contributed by atoms with E-state index in [0.29, 0.717) is 5.69 Å². The van der Waals surface area contributed by atoms with Crippen LogP contribution in [0.15, 0.2) is 30.3 Å². The Kier molecular flexibility index (Phi) is 4.00. The van der Waals surface area contributed by atoms with Crippen LogP contribution in [0.4, 0.5) is 10.1 Å². The van der Waals surface area contributed by atoms with Gasteiger partial charge in [-0.15, -0.1) is 5.10 Å². The summed E-state index contributed by atoms with van der Waals surface area (Å²) in [7, 11) is 0. The number of aromatic nitrogens is 3. The molecule has 0 bridgehead atoms. The number of aryl methyl sites for hydroxylation is 2. The number of carbonyl (C=O) groups is 1. The first kappa shape index (κ1) is 15.4. The molecule has 0 saturated heterocycles. The minimum Gasteiger partial charge on any atom is -0.324 e. The lowest BCUT2D eigenvalue weighted by atomic mass is 10.1. The first-order valence-corrected chi connectivity index (χ1v) is 7.37. The summed E-state index contributed by atoms with van der Waals surface area (Å²) in [5, 5.41) is 10.7. The third kappa shape index (κ3) is 3.17. The highest BCUT2D eigenvalue weighted by Crippen LogP contribution is 2.20. The zero-order valence-corrected chi connectivity index (χ0v) is 13.4.